The first-order valence-corrected chi connectivity index (χ1v) is 14.0. The monoisotopic (exact) mass is 434 g/mol. The number of carbonyl (C=O) groups is 1. The van der Waals surface area contributed by atoms with Crippen LogP contribution in [0.3, 0.4) is 0 Å². The maximum absolute atomic E-state index is 12.7. The molecular formula is C22H30O2SeSi. The summed E-state index contributed by atoms with van der Waals surface area (Å²) in [5.74, 6) is 0.831. The summed E-state index contributed by atoms with van der Waals surface area (Å²) in [5, 5.41) is 0.601. The molecule has 0 fully saturated rings. The third-order valence-corrected chi connectivity index (χ3v) is 15.7. The van der Waals surface area contributed by atoms with Crippen LogP contribution in [0.5, 0.6) is 5.75 Å². The van der Waals surface area contributed by atoms with Crippen molar-refractivity contribution in [3.63, 3.8) is 0 Å². The molecule has 2 rings (SSSR count). The number of hydrogen-bond acceptors (Lipinski definition) is 2. The Kier molecular flexibility index (Phi) is 6.54. The molecular weight excluding hydrogens is 403 g/mol. The fourth-order valence-corrected chi connectivity index (χ4v) is 10.7. The Balaban J connectivity index is 2.52. The second-order valence-corrected chi connectivity index (χ2v) is 16.1. The van der Waals surface area contributed by atoms with Gasteiger partial charge in [-0.3, -0.25) is 0 Å². The second-order valence-electron chi connectivity index (χ2n) is 8.29. The van der Waals surface area contributed by atoms with E-state index < -0.39 is 13.1 Å². The van der Waals surface area contributed by atoms with Crippen LogP contribution >= 0.6 is 0 Å². The summed E-state index contributed by atoms with van der Waals surface area (Å²) >= 11 is 0.248. The molecule has 2 aromatic rings. The van der Waals surface area contributed by atoms with Crippen LogP contribution < -0.4 is 9.20 Å². The Labute approximate surface area is 165 Å². The number of carbonyl (C=O) groups excluding carboxylic acids is 1. The van der Waals surface area contributed by atoms with Gasteiger partial charge >= 0.3 is 166 Å². The van der Waals surface area contributed by atoms with E-state index in [1.165, 1.54) is 10.7 Å². The summed E-state index contributed by atoms with van der Waals surface area (Å²) in [6.45, 7) is 11.6. The van der Waals surface area contributed by atoms with E-state index in [-0.39, 0.29) is 20.0 Å². The summed E-state index contributed by atoms with van der Waals surface area (Å²) in [4.78, 5) is 12.7. The number of hydrogen-bond donors (Lipinski definition) is 0. The van der Waals surface area contributed by atoms with E-state index in [1.54, 1.807) is 7.11 Å². The first kappa shape index (κ1) is 21.0. The molecule has 0 aromatic heterocycles. The van der Waals surface area contributed by atoms with Gasteiger partial charge in [-0.25, -0.2) is 0 Å². The minimum atomic E-state index is -2.00. The van der Waals surface area contributed by atoms with Crippen LogP contribution in [-0.4, -0.2) is 36.4 Å². The first-order valence-electron chi connectivity index (χ1n) is 8.97. The molecule has 0 bridgehead atoms. The average Bonchev–Trinajstić information content (AvgIpc) is 2.63. The van der Waals surface area contributed by atoms with Crippen LogP contribution in [0.1, 0.15) is 26.3 Å². The fourth-order valence-electron chi connectivity index (χ4n) is 3.15. The topological polar surface area (TPSA) is 26.3 Å². The molecule has 2 aromatic carbocycles. The van der Waals surface area contributed by atoms with Crippen molar-refractivity contribution in [3.8, 4) is 5.75 Å². The number of ether oxygens (including phenoxy) is 1. The summed E-state index contributed by atoms with van der Waals surface area (Å²) in [6.07, 6.45) is 1.26. The van der Waals surface area contributed by atoms with Gasteiger partial charge < -0.3 is 0 Å². The molecule has 0 aliphatic heterocycles. The molecule has 2 nitrogen and oxygen atoms in total. The summed E-state index contributed by atoms with van der Waals surface area (Å²) in [6, 6.07) is 18.7. The normalized spacial score (nSPS) is 14.5. The second kappa shape index (κ2) is 8.12. The van der Waals surface area contributed by atoms with Gasteiger partial charge in [0.2, 0.25) is 0 Å². The molecule has 0 aliphatic carbocycles. The van der Waals surface area contributed by atoms with Gasteiger partial charge in [0.05, 0.1) is 0 Å². The predicted molar refractivity (Wildman–Crippen MR) is 115 cm³/mol. The van der Waals surface area contributed by atoms with Crippen LogP contribution in [0, 0.1) is 0 Å². The van der Waals surface area contributed by atoms with Crippen molar-refractivity contribution in [2.24, 2.45) is 0 Å². The number of methoxy groups -OCH3 is 1. The third kappa shape index (κ3) is 3.98. The van der Waals surface area contributed by atoms with Crippen LogP contribution in [0.25, 0.3) is 0 Å². The number of rotatable bonds is 7. The number of benzene rings is 2. The van der Waals surface area contributed by atoms with Gasteiger partial charge in [-0.2, -0.15) is 0 Å². The Morgan fingerprint density at radius 2 is 1.58 bits per heavy atom. The van der Waals surface area contributed by atoms with Gasteiger partial charge in [0.15, 0.2) is 0 Å². The van der Waals surface area contributed by atoms with Crippen LogP contribution in [0.4, 0.5) is 0 Å². The third-order valence-electron chi connectivity index (χ3n) is 6.01. The quantitative estimate of drug-likeness (QED) is 0.470. The van der Waals surface area contributed by atoms with E-state index in [4.69, 9.17) is 4.74 Å². The van der Waals surface area contributed by atoms with Gasteiger partial charge in [-0.15, -0.1) is 0 Å². The Morgan fingerprint density at radius 3 is 2.04 bits per heavy atom. The Hall–Kier alpha value is -1.35. The fraction of sp³-hybridized carbons (Fsp3) is 0.409. The minimum absolute atomic E-state index is 0.112. The van der Waals surface area contributed by atoms with E-state index in [1.807, 2.05) is 18.2 Å². The van der Waals surface area contributed by atoms with Crippen LogP contribution in [0.15, 0.2) is 54.6 Å². The summed E-state index contributed by atoms with van der Waals surface area (Å²) < 4.78 is 6.67. The van der Waals surface area contributed by atoms with Crippen LogP contribution in [-0.2, 0) is 9.83 Å². The van der Waals surface area contributed by atoms with Gasteiger partial charge in [-0.1, -0.05) is 0 Å². The predicted octanol–water partition coefficient (Wildman–Crippen LogP) is 4.63. The standard InChI is InChI=1S/C22H30O2SeSi/c1-21(2,3)26(5,6)22(16-23,17-25-20-10-8-7-9-11-20)18-12-14-19(24-4)15-13-18/h7-16H,17H2,1-6H3. The van der Waals surface area contributed by atoms with E-state index >= 15 is 0 Å². The van der Waals surface area contributed by atoms with Gasteiger partial charge in [0.1, 0.15) is 0 Å². The molecule has 1 atom stereocenters. The molecule has 0 radical (unpaired) electrons. The average molecular weight is 434 g/mol. The van der Waals surface area contributed by atoms with E-state index in [9.17, 15) is 4.79 Å². The molecule has 0 heterocycles. The van der Waals surface area contributed by atoms with E-state index in [2.05, 4.69) is 70.3 Å². The summed E-state index contributed by atoms with van der Waals surface area (Å²) in [7, 11) is -0.325. The molecule has 4 heteroatoms. The Bertz CT molecular complexity index is 720. The van der Waals surface area contributed by atoms with Crippen molar-refractivity contribution in [3.05, 3.63) is 60.2 Å². The molecule has 0 spiro atoms. The SMILES string of the molecule is COc1ccc(C(C=O)(C[Se]c2ccccc2)[Si](C)(C)C(C)(C)C)cc1. The van der Waals surface area contributed by atoms with Crippen molar-refractivity contribution in [2.75, 3.05) is 7.11 Å². The van der Waals surface area contributed by atoms with Crippen molar-refractivity contribution in [2.45, 2.75) is 49.3 Å². The first-order chi connectivity index (χ1) is 12.2. The zero-order chi connectivity index (χ0) is 19.4. The van der Waals surface area contributed by atoms with Gasteiger partial charge in [-0.05, 0) is 0 Å². The maximum atomic E-state index is 12.7. The number of aldehydes is 1. The molecule has 1 unspecified atom stereocenters. The van der Waals surface area contributed by atoms with E-state index in [0.29, 0.717) is 0 Å². The van der Waals surface area contributed by atoms with Gasteiger partial charge in [0, 0.05) is 0 Å². The molecule has 0 saturated carbocycles. The van der Waals surface area contributed by atoms with Crippen LogP contribution in [0.2, 0.25) is 23.5 Å². The van der Waals surface area contributed by atoms with Crippen molar-refractivity contribution in [1.29, 1.82) is 0 Å². The Morgan fingerprint density at radius 1 is 1.00 bits per heavy atom. The van der Waals surface area contributed by atoms with Crippen molar-refractivity contribution >= 4 is 33.8 Å². The molecule has 0 amide bonds. The molecule has 26 heavy (non-hydrogen) atoms. The van der Waals surface area contributed by atoms with E-state index in [0.717, 1.165) is 16.6 Å². The molecule has 0 aliphatic rings. The zero-order valence-electron chi connectivity index (χ0n) is 16.7. The molecule has 140 valence electrons. The zero-order valence-corrected chi connectivity index (χ0v) is 19.4. The summed E-state index contributed by atoms with van der Waals surface area (Å²) in [5.41, 5.74) is 1.14. The van der Waals surface area contributed by atoms with Crippen molar-refractivity contribution < 1.29 is 9.53 Å². The van der Waals surface area contributed by atoms with Gasteiger partial charge in [0.25, 0.3) is 0 Å². The molecule has 0 saturated heterocycles. The van der Waals surface area contributed by atoms with Crippen molar-refractivity contribution in [1.82, 2.24) is 0 Å². The molecule has 0 N–H and O–H groups in total.